The van der Waals surface area contributed by atoms with Gasteiger partial charge in [-0.2, -0.15) is 0 Å². The summed E-state index contributed by atoms with van der Waals surface area (Å²) in [4.78, 5) is 17.1. The predicted octanol–water partition coefficient (Wildman–Crippen LogP) is 3.07. The molecule has 1 aliphatic rings. The molecule has 0 bridgehead atoms. The standard InChI is InChI=1S/C23H33N3O4/c1-4-25(16-18-9-10-21-22(14-18)30-13-12-29-21)17-23(27)24-15-19(26(5-2)6-3)20-8-7-11-28-20/h7-11,14,19H,4-6,12-13,15-17H2,1-3H3,(H,24,27)/t19-/m1/s1. The van der Waals surface area contributed by atoms with Crippen molar-refractivity contribution in [1.29, 1.82) is 0 Å². The zero-order chi connectivity index (χ0) is 21.3. The molecule has 2 aromatic rings. The first-order valence-electron chi connectivity index (χ1n) is 10.8. The number of fused-ring (bicyclic) bond motifs is 1. The van der Waals surface area contributed by atoms with Gasteiger partial charge in [0.1, 0.15) is 19.0 Å². The van der Waals surface area contributed by atoms with E-state index in [4.69, 9.17) is 13.9 Å². The lowest BCUT2D eigenvalue weighted by Gasteiger charge is -2.28. The van der Waals surface area contributed by atoms with E-state index < -0.39 is 0 Å². The highest BCUT2D eigenvalue weighted by Gasteiger charge is 2.22. The molecule has 3 rings (SSSR count). The van der Waals surface area contributed by atoms with Crippen molar-refractivity contribution in [3.63, 3.8) is 0 Å². The topological polar surface area (TPSA) is 67.2 Å². The molecule has 1 amide bonds. The average Bonchev–Trinajstić information content (AvgIpc) is 3.30. The molecule has 1 atom stereocenters. The number of hydrogen-bond acceptors (Lipinski definition) is 6. The molecule has 0 aliphatic carbocycles. The molecule has 1 aromatic heterocycles. The Morgan fingerprint density at radius 1 is 1.07 bits per heavy atom. The maximum atomic E-state index is 12.7. The summed E-state index contributed by atoms with van der Waals surface area (Å²) in [5, 5.41) is 3.09. The number of carbonyl (C=O) groups is 1. The molecule has 7 heteroatoms. The first-order valence-corrected chi connectivity index (χ1v) is 10.8. The van der Waals surface area contributed by atoms with Crippen LogP contribution in [0.3, 0.4) is 0 Å². The van der Waals surface area contributed by atoms with Crippen LogP contribution in [0.2, 0.25) is 0 Å². The Kier molecular flexibility index (Phi) is 8.16. The van der Waals surface area contributed by atoms with Gasteiger partial charge in [0, 0.05) is 13.1 Å². The Bertz CT molecular complexity index is 790. The van der Waals surface area contributed by atoms with Crippen molar-refractivity contribution in [3.8, 4) is 11.5 Å². The van der Waals surface area contributed by atoms with Gasteiger partial charge >= 0.3 is 0 Å². The van der Waals surface area contributed by atoms with Crippen LogP contribution in [-0.4, -0.2) is 61.6 Å². The fourth-order valence-electron chi connectivity index (χ4n) is 3.75. The van der Waals surface area contributed by atoms with E-state index in [1.165, 1.54) is 0 Å². The highest BCUT2D eigenvalue weighted by atomic mass is 16.6. The number of nitrogens with zero attached hydrogens (tertiary/aromatic N) is 2. The zero-order valence-corrected chi connectivity index (χ0v) is 18.2. The third-order valence-electron chi connectivity index (χ3n) is 5.44. The van der Waals surface area contributed by atoms with Crippen LogP contribution in [0.4, 0.5) is 0 Å². The second kappa shape index (κ2) is 11.0. The van der Waals surface area contributed by atoms with Gasteiger partial charge in [0.15, 0.2) is 11.5 Å². The van der Waals surface area contributed by atoms with E-state index in [0.717, 1.165) is 42.5 Å². The fourth-order valence-corrected chi connectivity index (χ4v) is 3.75. The van der Waals surface area contributed by atoms with Gasteiger partial charge in [-0.25, -0.2) is 0 Å². The number of nitrogens with one attached hydrogen (secondary N) is 1. The molecule has 30 heavy (non-hydrogen) atoms. The Hall–Kier alpha value is -2.51. The predicted molar refractivity (Wildman–Crippen MR) is 116 cm³/mol. The minimum absolute atomic E-state index is 0.0121. The van der Waals surface area contributed by atoms with Gasteiger partial charge in [-0.15, -0.1) is 0 Å². The zero-order valence-electron chi connectivity index (χ0n) is 18.2. The van der Waals surface area contributed by atoms with Crippen molar-refractivity contribution in [1.82, 2.24) is 15.1 Å². The monoisotopic (exact) mass is 415 g/mol. The number of amides is 1. The summed E-state index contributed by atoms with van der Waals surface area (Å²) in [6.07, 6.45) is 1.68. The third-order valence-corrected chi connectivity index (χ3v) is 5.44. The van der Waals surface area contributed by atoms with E-state index >= 15 is 0 Å². The molecule has 164 valence electrons. The molecule has 0 radical (unpaired) electrons. The van der Waals surface area contributed by atoms with Crippen molar-refractivity contribution >= 4 is 5.91 Å². The molecule has 1 aromatic carbocycles. The summed E-state index contributed by atoms with van der Waals surface area (Å²) in [6, 6.07) is 9.86. The smallest absolute Gasteiger partial charge is 0.234 e. The Morgan fingerprint density at radius 3 is 2.50 bits per heavy atom. The first-order chi connectivity index (χ1) is 14.6. The van der Waals surface area contributed by atoms with Crippen molar-refractivity contribution in [2.24, 2.45) is 0 Å². The van der Waals surface area contributed by atoms with E-state index in [1.54, 1.807) is 6.26 Å². The molecular formula is C23H33N3O4. The van der Waals surface area contributed by atoms with Crippen molar-refractivity contribution in [2.45, 2.75) is 33.4 Å². The van der Waals surface area contributed by atoms with Gasteiger partial charge < -0.3 is 19.2 Å². The molecule has 2 heterocycles. The molecule has 1 aliphatic heterocycles. The number of rotatable bonds is 11. The van der Waals surface area contributed by atoms with Gasteiger partial charge in [-0.3, -0.25) is 14.6 Å². The van der Waals surface area contributed by atoms with Crippen LogP contribution in [0.25, 0.3) is 0 Å². The Balaban J connectivity index is 1.55. The Morgan fingerprint density at radius 2 is 1.83 bits per heavy atom. The highest BCUT2D eigenvalue weighted by Crippen LogP contribution is 2.31. The summed E-state index contributed by atoms with van der Waals surface area (Å²) >= 11 is 0. The van der Waals surface area contributed by atoms with Crippen LogP contribution in [0.5, 0.6) is 11.5 Å². The summed E-state index contributed by atoms with van der Waals surface area (Å²) in [5.41, 5.74) is 1.10. The van der Waals surface area contributed by atoms with Crippen molar-refractivity contribution in [3.05, 3.63) is 47.9 Å². The van der Waals surface area contributed by atoms with Crippen LogP contribution in [0.15, 0.2) is 41.0 Å². The summed E-state index contributed by atoms with van der Waals surface area (Å²) < 4.78 is 16.9. The van der Waals surface area contributed by atoms with E-state index in [-0.39, 0.29) is 11.9 Å². The van der Waals surface area contributed by atoms with E-state index in [9.17, 15) is 4.79 Å². The van der Waals surface area contributed by atoms with Gasteiger partial charge in [0.2, 0.25) is 5.91 Å². The quantitative estimate of drug-likeness (QED) is 0.608. The number of hydrogen-bond donors (Lipinski definition) is 1. The molecule has 7 nitrogen and oxygen atoms in total. The lowest BCUT2D eigenvalue weighted by molar-refractivity contribution is -0.122. The van der Waals surface area contributed by atoms with Crippen LogP contribution >= 0.6 is 0 Å². The number of ether oxygens (including phenoxy) is 2. The van der Waals surface area contributed by atoms with E-state index in [1.807, 2.05) is 30.3 Å². The van der Waals surface area contributed by atoms with Crippen LogP contribution < -0.4 is 14.8 Å². The number of furan rings is 1. The lowest BCUT2D eigenvalue weighted by atomic mass is 10.1. The molecule has 0 fully saturated rings. The average molecular weight is 416 g/mol. The van der Waals surface area contributed by atoms with Crippen molar-refractivity contribution < 1.29 is 18.7 Å². The fraction of sp³-hybridized carbons (Fsp3) is 0.522. The summed E-state index contributed by atoms with van der Waals surface area (Å²) in [5.74, 6) is 2.45. The third kappa shape index (κ3) is 5.77. The van der Waals surface area contributed by atoms with Gasteiger partial charge in [-0.1, -0.05) is 26.8 Å². The second-order valence-electron chi connectivity index (χ2n) is 7.34. The molecule has 0 unspecified atom stereocenters. The molecule has 0 spiro atoms. The molecule has 0 saturated carbocycles. The van der Waals surface area contributed by atoms with Gasteiger partial charge in [0.05, 0.1) is 18.8 Å². The SMILES string of the molecule is CCN(CC(=O)NC[C@H](c1ccco1)N(CC)CC)Cc1ccc2c(c1)OCCO2. The maximum Gasteiger partial charge on any atom is 0.234 e. The molecule has 1 N–H and O–H groups in total. The normalized spacial score (nSPS) is 14.2. The summed E-state index contributed by atoms with van der Waals surface area (Å²) in [7, 11) is 0. The number of benzene rings is 1. The largest absolute Gasteiger partial charge is 0.486 e. The van der Waals surface area contributed by atoms with E-state index in [2.05, 4.69) is 35.9 Å². The summed E-state index contributed by atoms with van der Waals surface area (Å²) in [6.45, 7) is 11.6. The Labute approximate surface area is 178 Å². The van der Waals surface area contributed by atoms with Crippen LogP contribution in [-0.2, 0) is 11.3 Å². The number of carbonyl (C=O) groups excluding carboxylic acids is 1. The van der Waals surface area contributed by atoms with Gasteiger partial charge in [0.25, 0.3) is 0 Å². The second-order valence-corrected chi connectivity index (χ2v) is 7.34. The van der Waals surface area contributed by atoms with Gasteiger partial charge in [-0.05, 0) is 49.5 Å². The lowest BCUT2D eigenvalue weighted by Crippen LogP contribution is -2.42. The molecule has 0 saturated heterocycles. The minimum atomic E-state index is 0.0121. The van der Waals surface area contributed by atoms with Crippen LogP contribution in [0.1, 0.15) is 38.1 Å². The number of likely N-dealkylation sites (N-methyl/N-ethyl adjacent to an activating group) is 2. The van der Waals surface area contributed by atoms with E-state index in [0.29, 0.717) is 32.8 Å². The first kappa shape index (κ1) is 22.2. The highest BCUT2D eigenvalue weighted by molar-refractivity contribution is 5.78. The maximum absolute atomic E-state index is 12.7. The minimum Gasteiger partial charge on any atom is -0.486 e. The van der Waals surface area contributed by atoms with Crippen molar-refractivity contribution in [2.75, 3.05) is 45.9 Å². The molecular weight excluding hydrogens is 382 g/mol. The van der Waals surface area contributed by atoms with Crippen LogP contribution in [0, 0.1) is 0 Å².